The van der Waals surface area contributed by atoms with Gasteiger partial charge in [0.05, 0.1) is 19.0 Å². The molecule has 0 saturated heterocycles. The van der Waals surface area contributed by atoms with Gasteiger partial charge in [-0.05, 0) is 172 Å². The Labute approximate surface area is 543 Å². The van der Waals surface area contributed by atoms with Crippen LogP contribution in [-0.4, -0.2) is 107 Å². The monoisotopic (exact) mass is 1270 g/mol. The van der Waals surface area contributed by atoms with Crippen molar-refractivity contribution in [1.82, 2.24) is 58.6 Å². The molecule has 6 heterocycles. The first-order chi connectivity index (χ1) is 44.5. The molecule has 0 radical (unpaired) electrons. The van der Waals surface area contributed by atoms with Crippen molar-refractivity contribution in [2.45, 2.75) is 208 Å². The summed E-state index contributed by atoms with van der Waals surface area (Å²) in [6.45, 7) is 21.6. The summed E-state index contributed by atoms with van der Waals surface area (Å²) in [6.07, 6.45) is 18.5. The number of hydrogen-bond acceptors (Lipinski definition) is 21. The van der Waals surface area contributed by atoms with Crippen LogP contribution in [0.5, 0.6) is 0 Å². The number of anilines is 12. The van der Waals surface area contributed by atoms with E-state index in [-0.39, 0.29) is 66.2 Å². The van der Waals surface area contributed by atoms with E-state index in [2.05, 4.69) is 104 Å². The Morgan fingerprint density at radius 3 is 1.00 bits per heavy atom. The molecule has 9 aromatic rings. The van der Waals surface area contributed by atoms with Gasteiger partial charge in [0, 0.05) is 102 Å². The van der Waals surface area contributed by atoms with Crippen molar-refractivity contribution in [2.75, 3.05) is 48.3 Å². The van der Waals surface area contributed by atoms with E-state index < -0.39 is 0 Å². The van der Waals surface area contributed by atoms with Gasteiger partial charge in [0.2, 0.25) is 29.7 Å². The summed E-state index contributed by atoms with van der Waals surface area (Å²) in [5.74, 6) is 3.31. The number of fused-ring (bicyclic) bond motifs is 3. The largest absolute Gasteiger partial charge is 0.399 e. The molecule has 16 N–H and O–H groups in total. The summed E-state index contributed by atoms with van der Waals surface area (Å²) in [6, 6.07) is 18.9. The molecule has 26 nitrogen and oxygen atoms in total. The van der Waals surface area contributed by atoms with Crippen LogP contribution in [0.25, 0.3) is 33.5 Å². The number of nitrogen functional groups attached to an aromatic ring is 1. The lowest BCUT2D eigenvalue weighted by atomic mass is 9.91. The highest BCUT2D eigenvalue weighted by molar-refractivity contribution is 5.93. The normalized spacial score (nSPS) is 19.0. The molecule has 3 saturated carbocycles. The van der Waals surface area contributed by atoms with Crippen LogP contribution >= 0.6 is 0 Å². The van der Waals surface area contributed by atoms with Gasteiger partial charge in [0.1, 0.15) is 0 Å². The maximum atomic E-state index is 11.5. The molecular formula is C67H94N24O2. The van der Waals surface area contributed by atoms with Gasteiger partial charge in [-0.2, -0.15) is 29.9 Å². The Morgan fingerprint density at radius 1 is 0.419 bits per heavy atom. The summed E-state index contributed by atoms with van der Waals surface area (Å²) in [5.41, 5.74) is 37.3. The molecule has 3 aliphatic rings. The van der Waals surface area contributed by atoms with E-state index in [1.807, 2.05) is 90.8 Å². The van der Waals surface area contributed by atoms with E-state index >= 15 is 0 Å². The number of benzene rings is 3. The number of aromatic nitrogens is 12. The Bertz CT molecular complexity index is 3880. The fourth-order valence-electron chi connectivity index (χ4n) is 12.4. The minimum absolute atomic E-state index is 0.0893. The molecule has 26 heteroatoms. The summed E-state index contributed by atoms with van der Waals surface area (Å²) < 4.78 is 6.12. The highest BCUT2D eigenvalue weighted by Crippen LogP contribution is 2.34. The van der Waals surface area contributed by atoms with Crippen LogP contribution in [0.2, 0.25) is 0 Å². The molecule has 2 amide bonds. The maximum Gasteiger partial charge on any atom is 0.227 e. The van der Waals surface area contributed by atoms with Gasteiger partial charge in [0.15, 0.2) is 50.9 Å². The van der Waals surface area contributed by atoms with E-state index in [0.29, 0.717) is 52.0 Å². The van der Waals surface area contributed by atoms with E-state index in [0.717, 1.165) is 132 Å². The zero-order valence-electron chi connectivity index (χ0n) is 55.6. The Balaban J connectivity index is 0.000000153. The molecule has 6 aromatic heterocycles. The molecule has 3 aromatic carbocycles. The lowest BCUT2D eigenvalue weighted by molar-refractivity contribution is -0.115. The van der Waals surface area contributed by atoms with Crippen molar-refractivity contribution in [2.24, 2.45) is 17.2 Å². The second kappa shape index (κ2) is 29.6. The first kappa shape index (κ1) is 66.6. The molecule has 494 valence electrons. The third-order valence-corrected chi connectivity index (χ3v) is 17.0. The van der Waals surface area contributed by atoms with E-state index in [4.69, 9.17) is 52.8 Å². The Morgan fingerprint density at radius 2 is 0.710 bits per heavy atom. The van der Waals surface area contributed by atoms with Gasteiger partial charge < -0.3 is 79.2 Å². The van der Waals surface area contributed by atoms with Crippen molar-refractivity contribution in [3.05, 3.63) is 90.3 Å². The first-order valence-electron chi connectivity index (χ1n) is 32.8. The van der Waals surface area contributed by atoms with Gasteiger partial charge >= 0.3 is 0 Å². The predicted molar refractivity (Wildman–Crippen MR) is 375 cm³/mol. The molecule has 0 aliphatic heterocycles. The lowest BCUT2D eigenvalue weighted by Gasteiger charge is -2.29. The number of imidazole rings is 3. The second-order valence-corrected chi connectivity index (χ2v) is 26.1. The maximum absolute atomic E-state index is 11.5. The van der Waals surface area contributed by atoms with Crippen LogP contribution in [0.4, 0.5) is 69.4 Å². The molecule has 0 unspecified atom stereocenters. The van der Waals surface area contributed by atoms with Gasteiger partial charge in [-0.25, -0.2) is 15.0 Å². The third kappa shape index (κ3) is 16.9. The van der Waals surface area contributed by atoms with Gasteiger partial charge in [-0.15, -0.1) is 0 Å². The average Bonchev–Trinajstić information content (AvgIpc) is 1.70. The van der Waals surface area contributed by atoms with Crippen molar-refractivity contribution in [1.29, 1.82) is 0 Å². The predicted octanol–water partition coefficient (Wildman–Crippen LogP) is 11.9. The highest BCUT2D eigenvalue weighted by atomic mass is 16.2. The number of amides is 2. The number of nitrogens with two attached hydrogens (primary N) is 4. The molecule has 12 rings (SSSR count). The summed E-state index contributed by atoms with van der Waals surface area (Å²) >= 11 is 0. The van der Waals surface area contributed by atoms with Crippen LogP contribution < -0.4 is 65.5 Å². The zero-order chi connectivity index (χ0) is 66.2. The van der Waals surface area contributed by atoms with Crippen LogP contribution in [0, 0.1) is 20.8 Å². The molecule has 0 spiro atoms. The standard InChI is InChI=1S/2C23H32N8O.C21H30N8/c2*1-13(2)31-12-25-20-21(27-17-10-14(3)9-16(11-17)26-15(4)32)29-23(30-22(20)31)28-19-8-6-5-7-18(19)24;1-12(2)29-11-24-18-19(25-15-9-13(3)8-14(22)10-15)27-21(28-20(18)29)26-17-7-5-4-6-16(17)23/h2*9-13,18-19H,5-8,24H2,1-4H3,(H,26,32)(H2,27,28,29,30);8-12,16-17H,4-7,22-23H2,1-3H3,(H2,25,26,27,28)/t2*18-,19+;16-,17+/m100/s1. The summed E-state index contributed by atoms with van der Waals surface area (Å²) in [5, 5.41) is 26.3. The second-order valence-electron chi connectivity index (χ2n) is 26.1. The minimum Gasteiger partial charge on any atom is -0.399 e. The van der Waals surface area contributed by atoms with Crippen LogP contribution in [0.15, 0.2) is 73.6 Å². The summed E-state index contributed by atoms with van der Waals surface area (Å²) in [7, 11) is 0. The quantitative estimate of drug-likeness (QED) is 0.0377. The number of carbonyl (C=O) groups is 2. The minimum atomic E-state index is -0.114. The third-order valence-electron chi connectivity index (χ3n) is 17.0. The number of rotatable bonds is 17. The van der Waals surface area contributed by atoms with E-state index in [1.54, 1.807) is 12.7 Å². The van der Waals surface area contributed by atoms with Crippen molar-refractivity contribution < 1.29 is 9.59 Å². The topological polar surface area (TPSA) is 365 Å². The number of nitrogens with one attached hydrogen (secondary N) is 8. The van der Waals surface area contributed by atoms with Crippen LogP contribution in [0.1, 0.15) is 167 Å². The van der Waals surface area contributed by atoms with Crippen molar-refractivity contribution in [3.8, 4) is 0 Å². The van der Waals surface area contributed by atoms with Gasteiger partial charge in [-0.1, -0.05) is 38.5 Å². The number of nitrogens with zero attached hydrogens (tertiary/aromatic N) is 12. The van der Waals surface area contributed by atoms with Crippen molar-refractivity contribution >= 4 is 115 Å². The van der Waals surface area contributed by atoms with Crippen LogP contribution in [0.3, 0.4) is 0 Å². The van der Waals surface area contributed by atoms with Gasteiger partial charge in [0.25, 0.3) is 0 Å². The van der Waals surface area contributed by atoms with E-state index in [1.165, 1.54) is 26.7 Å². The Kier molecular flexibility index (Phi) is 21.2. The molecule has 0 bridgehead atoms. The number of carbonyl (C=O) groups excluding carboxylic acids is 2. The summed E-state index contributed by atoms with van der Waals surface area (Å²) in [4.78, 5) is 65.4. The number of aryl methyl sites for hydroxylation is 3. The lowest BCUT2D eigenvalue weighted by Crippen LogP contribution is -2.43. The van der Waals surface area contributed by atoms with E-state index in [9.17, 15) is 9.59 Å². The van der Waals surface area contributed by atoms with Gasteiger partial charge in [-0.3, -0.25) is 9.59 Å². The van der Waals surface area contributed by atoms with Crippen molar-refractivity contribution in [3.63, 3.8) is 0 Å². The number of hydrogen-bond donors (Lipinski definition) is 12. The molecule has 93 heavy (non-hydrogen) atoms. The fraction of sp³-hybridized carbons (Fsp3) is 0.478. The molecular weight excluding hydrogens is 1170 g/mol. The first-order valence-corrected chi connectivity index (χ1v) is 32.8. The average molecular weight is 1270 g/mol. The highest BCUT2D eigenvalue weighted by Gasteiger charge is 2.28. The van der Waals surface area contributed by atoms with Crippen LogP contribution in [-0.2, 0) is 9.59 Å². The fourth-order valence-corrected chi connectivity index (χ4v) is 12.4. The Hall–Kier alpha value is -9.27. The zero-order valence-corrected chi connectivity index (χ0v) is 55.6. The SMILES string of the molecule is CC(=O)Nc1cc(C)cc(Nc2nc(N[C@@H]3CCCC[C@@H]3N)nc3c2ncn3C(C)C)c1.CC(=O)Nc1cc(C)cc(Nc2nc(N[C@H]3CCCC[C@H]3N)nc3c2ncn3C(C)C)c1.Cc1cc(N)cc(Nc2nc(N[C@@H]3CCCC[C@@H]3N)nc3c2ncn3C(C)C)c1. The smallest absolute Gasteiger partial charge is 0.227 e. The molecule has 3 fully saturated rings. The molecule has 6 atom stereocenters. The molecule has 3 aliphatic carbocycles.